The molecule has 0 aliphatic heterocycles. The molecular weight excluding hydrogens is 262 g/mol. The van der Waals surface area contributed by atoms with Crippen LogP contribution >= 0.6 is 15.9 Å². The van der Waals surface area contributed by atoms with Crippen molar-refractivity contribution in [1.82, 2.24) is 9.97 Å². The summed E-state index contributed by atoms with van der Waals surface area (Å²) in [6.45, 7) is 3.85. The zero-order valence-corrected chi connectivity index (χ0v) is 10.1. The lowest BCUT2D eigenvalue weighted by atomic mass is 10.2. The van der Waals surface area contributed by atoms with Gasteiger partial charge in [0.15, 0.2) is 0 Å². The number of nitrogens with zero attached hydrogens (tertiary/aromatic N) is 2. The molecule has 0 atom stereocenters. The van der Waals surface area contributed by atoms with Gasteiger partial charge in [-0.25, -0.2) is 9.97 Å². The monoisotopic (exact) mass is 273 g/mol. The Kier molecular flexibility index (Phi) is 3.62. The molecule has 15 heavy (non-hydrogen) atoms. The second kappa shape index (κ2) is 4.57. The number of nitrogen functional groups attached to an aromatic ring is 1. The Hall–Kier alpha value is -1.17. The summed E-state index contributed by atoms with van der Waals surface area (Å²) in [5.41, 5.74) is 6.06. The SMILES string of the molecule is CC(C)c1nc(N)c(Br)c(CC(=O)O)n1. The van der Waals surface area contributed by atoms with Crippen LogP contribution in [0.2, 0.25) is 0 Å². The van der Waals surface area contributed by atoms with Crippen molar-refractivity contribution < 1.29 is 9.90 Å². The Morgan fingerprint density at radius 3 is 2.60 bits per heavy atom. The Labute approximate surface area is 95.9 Å². The lowest BCUT2D eigenvalue weighted by molar-refractivity contribution is -0.136. The van der Waals surface area contributed by atoms with E-state index in [2.05, 4.69) is 25.9 Å². The van der Waals surface area contributed by atoms with Crippen molar-refractivity contribution in [3.05, 3.63) is 16.0 Å². The van der Waals surface area contributed by atoms with Crippen molar-refractivity contribution >= 4 is 27.7 Å². The molecule has 0 amide bonds. The van der Waals surface area contributed by atoms with E-state index in [1.807, 2.05) is 13.8 Å². The number of carboxylic acids is 1. The number of hydrogen-bond donors (Lipinski definition) is 2. The number of hydrogen-bond acceptors (Lipinski definition) is 4. The van der Waals surface area contributed by atoms with Gasteiger partial charge in [0.05, 0.1) is 16.6 Å². The fourth-order valence-electron chi connectivity index (χ4n) is 1.05. The molecule has 0 fully saturated rings. The van der Waals surface area contributed by atoms with Crippen LogP contribution in [0.1, 0.15) is 31.3 Å². The maximum atomic E-state index is 10.6. The molecule has 3 N–H and O–H groups in total. The normalized spacial score (nSPS) is 10.7. The highest BCUT2D eigenvalue weighted by atomic mass is 79.9. The first kappa shape index (κ1) is 11.9. The Balaban J connectivity index is 3.18. The first-order valence-electron chi connectivity index (χ1n) is 4.45. The van der Waals surface area contributed by atoms with E-state index < -0.39 is 5.97 Å². The molecule has 1 aromatic heterocycles. The van der Waals surface area contributed by atoms with Crippen molar-refractivity contribution in [2.75, 3.05) is 5.73 Å². The van der Waals surface area contributed by atoms with Crippen molar-refractivity contribution in [1.29, 1.82) is 0 Å². The van der Waals surface area contributed by atoms with E-state index in [-0.39, 0.29) is 18.2 Å². The molecule has 0 aliphatic rings. The molecule has 0 bridgehead atoms. The highest BCUT2D eigenvalue weighted by Crippen LogP contribution is 2.23. The smallest absolute Gasteiger partial charge is 0.309 e. The fraction of sp³-hybridized carbons (Fsp3) is 0.444. The van der Waals surface area contributed by atoms with Crippen LogP contribution in [0.25, 0.3) is 0 Å². The third-order valence-electron chi connectivity index (χ3n) is 1.80. The van der Waals surface area contributed by atoms with Crippen LogP contribution in [-0.2, 0) is 11.2 Å². The molecule has 0 unspecified atom stereocenters. The van der Waals surface area contributed by atoms with Crippen LogP contribution in [0.15, 0.2) is 4.47 Å². The van der Waals surface area contributed by atoms with Gasteiger partial charge in [-0.1, -0.05) is 13.8 Å². The largest absolute Gasteiger partial charge is 0.481 e. The van der Waals surface area contributed by atoms with Crippen LogP contribution in [0.5, 0.6) is 0 Å². The Bertz CT molecular complexity index is 393. The summed E-state index contributed by atoms with van der Waals surface area (Å²) >= 11 is 3.18. The minimum Gasteiger partial charge on any atom is -0.481 e. The van der Waals surface area contributed by atoms with Crippen molar-refractivity contribution in [2.24, 2.45) is 0 Å². The quantitative estimate of drug-likeness (QED) is 0.873. The maximum Gasteiger partial charge on any atom is 0.309 e. The molecule has 6 heteroatoms. The van der Waals surface area contributed by atoms with E-state index in [4.69, 9.17) is 10.8 Å². The number of carboxylic acid groups (broad SMARTS) is 1. The summed E-state index contributed by atoms with van der Waals surface area (Å²) in [4.78, 5) is 18.8. The molecule has 82 valence electrons. The topological polar surface area (TPSA) is 89.1 Å². The van der Waals surface area contributed by atoms with Gasteiger partial charge >= 0.3 is 5.97 Å². The maximum absolute atomic E-state index is 10.6. The van der Waals surface area contributed by atoms with Crippen LogP contribution in [0.3, 0.4) is 0 Å². The number of carbonyl (C=O) groups is 1. The van der Waals surface area contributed by atoms with Gasteiger partial charge in [-0.05, 0) is 15.9 Å². The molecule has 0 aliphatic carbocycles. The zero-order chi connectivity index (χ0) is 11.6. The highest BCUT2D eigenvalue weighted by Gasteiger charge is 2.14. The average Bonchev–Trinajstić information content (AvgIpc) is 2.11. The summed E-state index contributed by atoms with van der Waals surface area (Å²) in [5, 5.41) is 8.69. The number of halogens is 1. The number of anilines is 1. The number of rotatable bonds is 3. The second-order valence-electron chi connectivity index (χ2n) is 3.45. The summed E-state index contributed by atoms with van der Waals surface area (Å²) in [7, 11) is 0. The molecule has 0 radical (unpaired) electrons. The lowest BCUT2D eigenvalue weighted by Gasteiger charge is -2.09. The minimum atomic E-state index is -0.941. The minimum absolute atomic E-state index is 0.118. The molecule has 1 aromatic rings. The molecule has 0 saturated carbocycles. The molecule has 0 aromatic carbocycles. The van der Waals surface area contributed by atoms with Crippen LogP contribution in [-0.4, -0.2) is 21.0 Å². The fourth-order valence-corrected chi connectivity index (χ4v) is 1.37. The van der Waals surface area contributed by atoms with Crippen molar-refractivity contribution in [3.63, 3.8) is 0 Å². The number of nitrogens with two attached hydrogens (primary N) is 1. The Morgan fingerprint density at radius 1 is 1.53 bits per heavy atom. The van der Waals surface area contributed by atoms with Gasteiger partial charge in [0.2, 0.25) is 0 Å². The predicted molar refractivity (Wildman–Crippen MR) is 59.6 cm³/mol. The standard InChI is InChI=1S/C9H12BrN3O2/c1-4(2)9-12-5(3-6(14)15)7(10)8(11)13-9/h4H,3H2,1-2H3,(H,14,15)(H2,11,12,13). The predicted octanol–water partition coefficient (Wildman–Crippen LogP) is 1.57. The molecule has 0 spiro atoms. The van der Waals surface area contributed by atoms with E-state index in [0.29, 0.717) is 16.0 Å². The highest BCUT2D eigenvalue weighted by molar-refractivity contribution is 9.10. The Morgan fingerprint density at radius 2 is 2.13 bits per heavy atom. The van der Waals surface area contributed by atoms with Crippen LogP contribution in [0, 0.1) is 0 Å². The van der Waals surface area contributed by atoms with Gasteiger partial charge in [0.1, 0.15) is 11.6 Å². The van der Waals surface area contributed by atoms with E-state index >= 15 is 0 Å². The lowest BCUT2D eigenvalue weighted by Crippen LogP contribution is -2.10. The third kappa shape index (κ3) is 2.89. The molecule has 1 rings (SSSR count). The van der Waals surface area contributed by atoms with Gasteiger partial charge in [-0.15, -0.1) is 0 Å². The first-order valence-corrected chi connectivity index (χ1v) is 5.24. The number of aromatic nitrogens is 2. The van der Waals surface area contributed by atoms with Gasteiger partial charge in [0.25, 0.3) is 0 Å². The number of aliphatic carboxylic acids is 1. The average molecular weight is 274 g/mol. The zero-order valence-electron chi connectivity index (χ0n) is 8.49. The van der Waals surface area contributed by atoms with E-state index in [1.165, 1.54) is 0 Å². The van der Waals surface area contributed by atoms with Gasteiger partial charge in [0, 0.05) is 5.92 Å². The van der Waals surface area contributed by atoms with Gasteiger partial charge in [-0.3, -0.25) is 4.79 Å². The van der Waals surface area contributed by atoms with E-state index in [9.17, 15) is 4.79 Å². The van der Waals surface area contributed by atoms with Crippen LogP contribution in [0.4, 0.5) is 5.82 Å². The summed E-state index contributed by atoms with van der Waals surface area (Å²) < 4.78 is 0.467. The summed E-state index contributed by atoms with van der Waals surface area (Å²) in [6.07, 6.45) is -0.160. The first-order chi connectivity index (χ1) is 6.91. The second-order valence-corrected chi connectivity index (χ2v) is 4.25. The van der Waals surface area contributed by atoms with E-state index in [1.54, 1.807) is 0 Å². The summed E-state index contributed by atoms with van der Waals surface area (Å²) in [6, 6.07) is 0. The van der Waals surface area contributed by atoms with Crippen molar-refractivity contribution in [2.45, 2.75) is 26.2 Å². The summed E-state index contributed by atoms with van der Waals surface area (Å²) in [5.74, 6) is 0.0216. The molecule has 0 saturated heterocycles. The molecule has 1 heterocycles. The van der Waals surface area contributed by atoms with E-state index in [0.717, 1.165) is 0 Å². The third-order valence-corrected chi connectivity index (χ3v) is 2.66. The van der Waals surface area contributed by atoms with Crippen LogP contribution < -0.4 is 5.73 Å². The van der Waals surface area contributed by atoms with Crippen molar-refractivity contribution in [3.8, 4) is 0 Å². The van der Waals surface area contributed by atoms with Gasteiger partial charge in [-0.2, -0.15) is 0 Å². The molecule has 5 nitrogen and oxygen atoms in total. The van der Waals surface area contributed by atoms with Gasteiger partial charge < -0.3 is 10.8 Å². The molecular formula is C9H12BrN3O2.